The second kappa shape index (κ2) is 6.70. The number of nitro benzene ring substituents is 1. The lowest BCUT2D eigenvalue weighted by Gasteiger charge is -2.01. The number of rotatable bonds is 3. The van der Waals surface area contributed by atoms with Crippen LogP contribution in [0.3, 0.4) is 0 Å². The van der Waals surface area contributed by atoms with Gasteiger partial charge >= 0.3 is 0 Å². The molecule has 0 aliphatic rings. The zero-order valence-electron chi connectivity index (χ0n) is 10.6. The van der Waals surface area contributed by atoms with Gasteiger partial charge in [0.15, 0.2) is 0 Å². The highest BCUT2D eigenvalue weighted by atomic mass is 127. The first kappa shape index (κ1) is 15.5. The van der Waals surface area contributed by atoms with Crippen molar-refractivity contribution < 1.29 is 4.92 Å². The average Bonchev–Trinajstić information content (AvgIpc) is 2.47. The predicted octanol–water partition coefficient (Wildman–Crippen LogP) is 4.92. The second-order valence-electron chi connectivity index (χ2n) is 4.14. The molecule has 0 amide bonds. The lowest BCUT2D eigenvalue weighted by Crippen LogP contribution is -1.90. The quantitative estimate of drug-likeness (QED) is 0.237. The smallest absolute Gasteiger partial charge is 0.258 e. The number of halogens is 2. The molecule has 0 atom stereocenters. The minimum Gasteiger partial charge on any atom is -0.258 e. The Balaban J connectivity index is 2.46. The monoisotopic (exact) mass is 410 g/mol. The Kier molecular flexibility index (Phi) is 4.94. The number of allylic oxidation sites excluding steroid dienone is 1. The lowest BCUT2D eigenvalue weighted by molar-refractivity contribution is -0.384. The van der Waals surface area contributed by atoms with Gasteiger partial charge in [0.2, 0.25) is 0 Å². The molecule has 0 N–H and O–H groups in total. The molecule has 0 aliphatic carbocycles. The van der Waals surface area contributed by atoms with Gasteiger partial charge in [0, 0.05) is 9.64 Å². The standard InChI is InChI=1S/C15H8ClIN2O2/c16-14-6-1-10(8-15(14)19(20)21)7-12(9-18)11-2-4-13(17)5-3-11/h1-8H/b12-7-. The summed E-state index contributed by atoms with van der Waals surface area (Å²) in [6, 6.07) is 14.0. The first-order chi connectivity index (χ1) is 10.0. The van der Waals surface area contributed by atoms with Crippen molar-refractivity contribution in [3.8, 4) is 6.07 Å². The Bertz CT molecular complexity index is 764. The molecular formula is C15H8ClIN2O2. The molecule has 0 spiro atoms. The highest BCUT2D eigenvalue weighted by Crippen LogP contribution is 2.27. The first-order valence-electron chi connectivity index (χ1n) is 5.83. The van der Waals surface area contributed by atoms with Gasteiger partial charge in [-0.2, -0.15) is 5.26 Å². The van der Waals surface area contributed by atoms with E-state index in [0.29, 0.717) is 11.1 Å². The van der Waals surface area contributed by atoms with Crippen LogP contribution in [-0.4, -0.2) is 4.92 Å². The van der Waals surface area contributed by atoms with Gasteiger partial charge in [-0.1, -0.05) is 29.8 Å². The second-order valence-corrected chi connectivity index (χ2v) is 5.80. The van der Waals surface area contributed by atoms with E-state index in [-0.39, 0.29) is 10.7 Å². The van der Waals surface area contributed by atoms with Crippen molar-refractivity contribution in [1.82, 2.24) is 0 Å². The van der Waals surface area contributed by atoms with E-state index in [4.69, 9.17) is 11.6 Å². The normalized spacial score (nSPS) is 11.0. The number of benzene rings is 2. The molecule has 0 saturated heterocycles. The lowest BCUT2D eigenvalue weighted by atomic mass is 10.0. The van der Waals surface area contributed by atoms with Crippen LogP contribution in [0.2, 0.25) is 5.02 Å². The minimum atomic E-state index is -0.545. The molecule has 4 nitrogen and oxygen atoms in total. The summed E-state index contributed by atoms with van der Waals surface area (Å²) in [6.07, 6.45) is 1.60. The number of hydrogen-bond donors (Lipinski definition) is 0. The molecule has 0 heterocycles. The summed E-state index contributed by atoms with van der Waals surface area (Å²) in [5, 5.41) is 20.2. The SMILES string of the molecule is N#C/C(=C/c1ccc(Cl)c([N+](=O)[O-])c1)c1ccc(I)cc1. The van der Waals surface area contributed by atoms with E-state index in [1.165, 1.54) is 12.1 Å². The molecule has 0 radical (unpaired) electrons. The molecule has 6 heteroatoms. The van der Waals surface area contributed by atoms with Crippen molar-refractivity contribution in [2.24, 2.45) is 0 Å². The van der Waals surface area contributed by atoms with E-state index in [0.717, 1.165) is 9.13 Å². The van der Waals surface area contributed by atoms with E-state index < -0.39 is 4.92 Å². The van der Waals surface area contributed by atoms with Gasteiger partial charge in [0.1, 0.15) is 5.02 Å². The van der Waals surface area contributed by atoms with Crippen LogP contribution >= 0.6 is 34.2 Å². The molecule has 0 aliphatic heterocycles. The molecule has 104 valence electrons. The van der Waals surface area contributed by atoms with E-state index in [9.17, 15) is 15.4 Å². The van der Waals surface area contributed by atoms with Crippen molar-refractivity contribution in [2.75, 3.05) is 0 Å². The third kappa shape index (κ3) is 3.80. The number of nitro groups is 1. The summed E-state index contributed by atoms with van der Waals surface area (Å²) < 4.78 is 1.07. The molecule has 2 aromatic rings. The Labute approximate surface area is 140 Å². The Morgan fingerprint density at radius 3 is 2.52 bits per heavy atom. The highest BCUT2D eigenvalue weighted by molar-refractivity contribution is 14.1. The summed E-state index contributed by atoms with van der Waals surface area (Å²) in [4.78, 5) is 10.3. The Hall–Kier alpha value is -1.91. The molecule has 21 heavy (non-hydrogen) atoms. The number of nitrogens with zero attached hydrogens (tertiary/aromatic N) is 2. The molecule has 0 saturated carbocycles. The van der Waals surface area contributed by atoms with Gasteiger partial charge in [-0.15, -0.1) is 0 Å². The van der Waals surface area contributed by atoms with Crippen molar-refractivity contribution in [1.29, 1.82) is 5.26 Å². The summed E-state index contributed by atoms with van der Waals surface area (Å²) in [7, 11) is 0. The van der Waals surface area contributed by atoms with Crippen LogP contribution in [-0.2, 0) is 0 Å². The van der Waals surface area contributed by atoms with Crippen LogP contribution in [0, 0.1) is 25.0 Å². The molecule has 0 unspecified atom stereocenters. The molecule has 0 bridgehead atoms. The van der Waals surface area contributed by atoms with Crippen LogP contribution in [0.5, 0.6) is 0 Å². The van der Waals surface area contributed by atoms with Crippen LogP contribution < -0.4 is 0 Å². The summed E-state index contributed by atoms with van der Waals surface area (Å²) in [5.41, 5.74) is 1.57. The largest absolute Gasteiger partial charge is 0.288 e. The predicted molar refractivity (Wildman–Crippen MR) is 90.7 cm³/mol. The van der Waals surface area contributed by atoms with Gasteiger partial charge in [-0.05, 0) is 58.0 Å². The maximum atomic E-state index is 10.9. The van der Waals surface area contributed by atoms with Gasteiger partial charge in [0.25, 0.3) is 5.69 Å². The zero-order chi connectivity index (χ0) is 15.4. The van der Waals surface area contributed by atoms with Crippen LogP contribution in [0.25, 0.3) is 11.6 Å². The molecule has 2 rings (SSSR count). The van der Waals surface area contributed by atoms with Gasteiger partial charge in [-0.25, -0.2) is 0 Å². The Morgan fingerprint density at radius 1 is 1.29 bits per heavy atom. The van der Waals surface area contributed by atoms with Crippen LogP contribution in [0.15, 0.2) is 42.5 Å². The fraction of sp³-hybridized carbons (Fsp3) is 0. The zero-order valence-corrected chi connectivity index (χ0v) is 13.5. The molecule has 2 aromatic carbocycles. The van der Waals surface area contributed by atoms with Gasteiger partial charge < -0.3 is 0 Å². The molecule has 0 aromatic heterocycles. The summed E-state index contributed by atoms with van der Waals surface area (Å²) in [6.45, 7) is 0. The van der Waals surface area contributed by atoms with E-state index in [1.807, 2.05) is 24.3 Å². The van der Waals surface area contributed by atoms with Crippen LogP contribution in [0.4, 0.5) is 5.69 Å². The minimum absolute atomic E-state index is 0.0740. The van der Waals surface area contributed by atoms with Gasteiger partial charge in [-0.3, -0.25) is 10.1 Å². The third-order valence-electron chi connectivity index (χ3n) is 2.75. The van der Waals surface area contributed by atoms with Gasteiger partial charge in [0.05, 0.1) is 16.6 Å². The third-order valence-corrected chi connectivity index (χ3v) is 3.79. The van der Waals surface area contributed by atoms with Crippen molar-refractivity contribution >= 4 is 51.5 Å². The molecular weight excluding hydrogens is 403 g/mol. The fourth-order valence-corrected chi connectivity index (χ4v) is 2.28. The number of nitriles is 1. The fourth-order valence-electron chi connectivity index (χ4n) is 1.74. The Morgan fingerprint density at radius 2 is 1.95 bits per heavy atom. The van der Waals surface area contributed by atoms with Crippen molar-refractivity contribution in [2.45, 2.75) is 0 Å². The van der Waals surface area contributed by atoms with Crippen LogP contribution in [0.1, 0.15) is 11.1 Å². The van der Waals surface area contributed by atoms with E-state index >= 15 is 0 Å². The van der Waals surface area contributed by atoms with E-state index in [1.54, 1.807) is 12.1 Å². The summed E-state index contributed by atoms with van der Waals surface area (Å²) in [5.74, 6) is 0. The maximum absolute atomic E-state index is 10.9. The number of hydrogen-bond acceptors (Lipinski definition) is 3. The molecule has 0 fully saturated rings. The maximum Gasteiger partial charge on any atom is 0.288 e. The van der Waals surface area contributed by atoms with E-state index in [2.05, 4.69) is 28.7 Å². The highest BCUT2D eigenvalue weighted by Gasteiger charge is 2.12. The first-order valence-corrected chi connectivity index (χ1v) is 7.28. The van der Waals surface area contributed by atoms with Crippen molar-refractivity contribution in [3.63, 3.8) is 0 Å². The average molecular weight is 411 g/mol. The topological polar surface area (TPSA) is 66.9 Å². The van der Waals surface area contributed by atoms with Crippen molar-refractivity contribution in [3.05, 3.63) is 72.3 Å². The summed E-state index contributed by atoms with van der Waals surface area (Å²) >= 11 is 7.95.